The van der Waals surface area contributed by atoms with Crippen molar-refractivity contribution < 1.29 is 19.8 Å². The molecule has 0 saturated heterocycles. The zero-order chi connectivity index (χ0) is 8.15. The molecule has 0 aromatic carbocycles. The van der Waals surface area contributed by atoms with E-state index in [-0.39, 0.29) is 12.7 Å². The van der Waals surface area contributed by atoms with Gasteiger partial charge in [0.15, 0.2) is 12.1 Å². The SMILES string of the molecule is CCC(=O)C(O)C(O)C=O. The van der Waals surface area contributed by atoms with E-state index < -0.39 is 18.0 Å². The van der Waals surface area contributed by atoms with E-state index in [0.717, 1.165) is 0 Å². The third-order valence-electron chi connectivity index (χ3n) is 1.14. The van der Waals surface area contributed by atoms with Crippen molar-refractivity contribution in [3.05, 3.63) is 0 Å². The van der Waals surface area contributed by atoms with Gasteiger partial charge < -0.3 is 15.0 Å². The second kappa shape index (κ2) is 4.14. The van der Waals surface area contributed by atoms with Crippen LogP contribution in [-0.2, 0) is 9.59 Å². The van der Waals surface area contributed by atoms with Gasteiger partial charge in [-0.05, 0) is 0 Å². The van der Waals surface area contributed by atoms with E-state index in [1.165, 1.54) is 0 Å². The summed E-state index contributed by atoms with van der Waals surface area (Å²) in [6, 6.07) is 0. The van der Waals surface area contributed by atoms with Crippen molar-refractivity contribution in [1.82, 2.24) is 0 Å². The van der Waals surface area contributed by atoms with Crippen LogP contribution in [0.25, 0.3) is 0 Å². The maximum Gasteiger partial charge on any atom is 0.164 e. The molecule has 0 spiro atoms. The Morgan fingerprint density at radius 1 is 1.60 bits per heavy atom. The lowest BCUT2D eigenvalue weighted by Gasteiger charge is -2.08. The third kappa shape index (κ3) is 2.24. The quantitative estimate of drug-likeness (QED) is 0.493. The highest BCUT2D eigenvalue weighted by Crippen LogP contribution is 1.94. The number of carbonyl (C=O) groups excluding carboxylic acids is 2. The molecule has 0 aliphatic rings. The highest BCUT2D eigenvalue weighted by atomic mass is 16.3. The predicted molar refractivity (Wildman–Crippen MR) is 33.4 cm³/mol. The highest BCUT2D eigenvalue weighted by Gasteiger charge is 2.21. The lowest BCUT2D eigenvalue weighted by molar-refractivity contribution is -0.137. The molecule has 2 N–H and O–H groups in total. The summed E-state index contributed by atoms with van der Waals surface area (Å²) in [6.45, 7) is 1.54. The molecule has 0 aliphatic heterocycles. The van der Waals surface area contributed by atoms with E-state index in [0.29, 0.717) is 0 Å². The van der Waals surface area contributed by atoms with Crippen LogP contribution in [0.4, 0.5) is 0 Å². The van der Waals surface area contributed by atoms with Crippen LogP contribution in [0.5, 0.6) is 0 Å². The molecular weight excluding hydrogens is 136 g/mol. The predicted octanol–water partition coefficient (Wildman–Crippen LogP) is -1.11. The molecular formula is C6H10O4. The van der Waals surface area contributed by atoms with Gasteiger partial charge in [0.1, 0.15) is 12.2 Å². The molecule has 10 heavy (non-hydrogen) atoms. The van der Waals surface area contributed by atoms with E-state index in [9.17, 15) is 9.59 Å². The second-order valence-corrected chi connectivity index (χ2v) is 1.89. The number of hydrogen-bond donors (Lipinski definition) is 2. The van der Waals surface area contributed by atoms with Crippen LogP contribution < -0.4 is 0 Å². The Bertz CT molecular complexity index is 132. The van der Waals surface area contributed by atoms with Gasteiger partial charge in [0.05, 0.1) is 0 Å². The maximum atomic E-state index is 10.5. The molecule has 4 heteroatoms. The first-order valence-corrected chi connectivity index (χ1v) is 2.97. The van der Waals surface area contributed by atoms with Crippen LogP contribution >= 0.6 is 0 Å². The largest absolute Gasteiger partial charge is 0.382 e. The van der Waals surface area contributed by atoms with Crippen molar-refractivity contribution in [2.24, 2.45) is 0 Å². The fraction of sp³-hybridized carbons (Fsp3) is 0.667. The first kappa shape index (κ1) is 9.26. The van der Waals surface area contributed by atoms with Gasteiger partial charge in [-0.1, -0.05) is 6.92 Å². The summed E-state index contributed by atoms with van der Waals surface area (Å²) < 4.78 is 0. The summed E-state index contributed by atoms with van der Waals surface area (Å²) in [5, 5.41) is 17.3. The van der Waals surface area contributed by atoms with Crippen LogP contribution in [0.1, 0.15) is 13.3 Å². The average Bonchev–Trinajstić information content (AvgIpc) is 2.00. The summed E-state index contributed by atoms with van der Waals surface area (Å²) in [5.41, 5.74) is 0. The topological polar surface area (TPSA) is 74.6 Å². The van der Waals surface area contributed by atoms with Crippen molar-refractivity contribution in [2.45, 2.75) is 25.6 Å². The van der Waals surface area contributed by atoms with Crippen molar-refractivity contribution in [3.8, 4) is 0 Å². The molecule has 0 aromatic rings. The van der Waals surface area contributed by atoms with Crippen molar-refractivity contribution in [1.29, 1.82) is 0 Å². The van der Waals surface area contributed by atoms with Crippen LogP contribution in [0.2, 0.25) is 0 Å². The smallest absolute Gasteiger partial charge is 0.164 e. The minimum atomic E-state index is -1.58. The Labute approximate surface area is 58.5 Å². The summed E-state index contributed by atoms with van der Waals surface area (Å²) in [7, 11) is 0. The zero-order valence-electron chi connectivity index (χ0n) is 5.65. The Morgan fingerprint density at radius 3 is 2.40 bits per heavy atom. The Hall–Kier alpha value is -0.740. The number of rotatable bonds is 4. The number of Topliss-reactive ketones (excluding diaryl/α,β-unsaturated/α-hetero) is 1. The number of aldehydes is 1. The fourth-order valence-corrected chi connectivity index (χ4v) is 0.474. The lowest BCUT2D eigenvalue weighted by Crippen LogP contribution is -2.34. The van der Waals surface area contributed by atoms with Gasteiger partial charge in [-0.3, -0.25) is 4.79 Å². The van der Waals surface area contributed by atoms with Gasteiger partial charge in [-0.25, -0.2) is 0 Å². The van der Waals surface area contributed by atoms with Crippen molar-refractivity contribution >= 4 is 12.1 Å². The standard InChI is InChI=1S/C6H10O4/c1-2-4(8)6(10)5(9)3-7/h3,5-6,9-10H,2H2,1H3. The maximum absolute atomic E-state index is 10.5. The van der Waals surface area contributed by atoms with Crippen molar-refractivity contribution in [3.63, 3.8) is 0 Å². The van der Waals surface area contributed by atoms with E-state index in [1.807, 2.05) is 0 Å². The zero-order valence-corrected chi connectivity index (χ0v) is 5.65. The van der Waals surface area contributed by atoms with Gasteiger partial charge in [-0.15, -0.1) is 0 Å². The molecule has 58 valence electrons. The van der Waals surface area contributed by atoms with Gasteiger partial charge in [0, 0.05) is 6.42 Å². The normalized spacial score (nSPS) is 15.9. The number of aliphatic hydroxyl groups excluding tert-OH is 2. The molecule has 0 saturated carbocycles. The molecule has 0 radical (unpaired) electrons. The minimum Gasteiger partial charge on any atom is -0.382 e. The summed E-state index contributed by atoms with van der Waals surface area (Å²) in [5.74, 6) is -0.528. The number of ketones is 1. The van der Waals surface area contributed by atoms with Gasteiger partial charge in [0.25, 0.3) is 0 Å². The molecule has 2 unspecified atom stereocenters. The Kier molecular flexibility index (Phi) is 3.83. The molecule has 0 amide bonds. The van der Waals surface area contributed by atoms with Crippen molar-refractivity contribution in [2.75, 3.05) is 0 Å². The minimum absolute atomic E-state index is 0.117. The van der Waals surface area contributed by atoms with Gasteiger partial charge in [-0.2, -0.15) is 0 Å². The van der Waals surface area contributed by atoms with E-state index >= 15 is 0 Å². The molecule has 0 aliphatic carbocycles. The third-order valence-corrected chi connectivity index (χ3v) is 1.14. The Morgan fingerprint density at radius 2 is 2.10 bits per heavy atom. The lowest BCUT2D eigenvalue weighted by atomic mass is 10.1. The first-order valence-electron chi connectivity index (χ1n) is 2.97. The van der Waals surface area contributed by atoms with Crippen LogP contribution in [0.15, 0.2) is 0 Å². The monoisotopic (exact) mass is 146 g/mol. The fourth-order valence-electron chi connectivity index (χ4n) is 0.474. The summed E-state index contributed by atoms with van der Waals surface area (Å²) in [6.07, 6.45) is -2.88. The average molecular weight is 146 g/mol. The van der Waals surface area contributed by atoms with Crippen LogP contribution in [-0.4, -0.2) is 34.5 Å². The van der Waals surface area contributed by atoms with Crippen LogP contribution in [0.3, 0.4) is 0 Å². The van der Waals surface area contributed by atoms with E-state index in [2.05, 4.69) is 0 Å². The molecule has 0 fully saturated rings. The van der Waals surface area contributed by atoms with E-state index in [1.54, 1.807) is 6.92 Å². The molecule has 4 nitrogen and oxygen atoms in total. The molecule has 0 bridgehead atoms. The van der Waals surface area contributed by atoms with Gasteiger partial charge >= 0.3 is 0 Å². The number of carbonyl (C=O) groups is 2. The molecule has 2 atom stereocenters. The number of hydrogen-bond acceptors (Lipinski definition) is 4. The summed E-state index contributed by atoms with van der Waals surface area (Å²) in [4.78, 5) is 20.3. The van der Waals surface area contributed by atoms with Gasteiger partial charge in [0.2, 0.25) is 0 Å². The highest BCUT2D eigenvalue weighted by molar-refractivity contribution is 5.86. The summed E-state index contributed by atoms with van der Waals surface area (Å²) >= 11 is 0. The molecule has 0 aromatic heterocycles. The number of aliphatic hydroxyl groups is 2. The molecule has 0 rings (SSSR count). The second-order valence-electron chi connectivity index (χ2n) is 1.89. The van der Waals surface area contributed by atoms with Crippen LogP contribution in [0, 0.1) is 0 Å². The first-order chi connectivity index (χ1) is 4.63. The van der Waals surface area contributed by atoms with E-state index in [4.69, 9.17) is 10.2 Å². The Balaban J connectivity index is 3.93. The molecule has 0 heterocycles.